The van der Waals surface area contributed by atoms with Gasteiger partial charge in [0.1, 0.15) is 5.65 Å². The summed E-state index contributed by atoms with van der Waals surface area (Å²) in [6, 6.07) is 12.7. The summed E-state index contributed by atoms with van der Waals surface area (Å²) < 4.78 is 2.10. The number of imidazole rings is 1. The van der Waals surface area contributed by atoms with Gasteiger partial charge >= 0.3 is 0 Å². The first-order chi connectivity index (χ1) is 13.6. The van der Waals surface area contributed by atoms with Gasteiger partial charge in [0, 0.05) is 42.6 Å². The topological polar surface area (TPSA) is 69.5 Å². The van der Waals surface area contributed by atoms with Crippen LogP contribution in [0.15, 0.2) is 53.8 Å². The van der Waals surface area contributed by atoms with Gasteiger partial charge in [0.05, 0.1) is 12.2 Å². The number of pyridine rings is 1. The van der Waals surface area contributed by atoms with Crippen molar-refractivity contribution in [3.8, 4) is 0 Å². The molecule has 6 nitrogen and oxygen atoms in total. The van der Waals surface area contributed by atoms with Gasteiger partial charge in [-0.05, 0) is 49.6 Å². The molecule has 4 aromatic rings. The summed E-state index contributed by atoms with van der Waals surface area (Å²) in [5.74, 6) is 0.782. The van der Waals surface area contributed by atoms with E-state index in [1.54, 1.807) is 7.05 Å². The summed E-state index contributed by atoms with van der Waals surface area (Å²) in [4.78, 5) is 12.3. The molecule has 3 aromatic heterocycles. The highest BCUT2D eigenvalue weighted by Crippen LogP contribution is 2.19. The fraction of sp³-hybridized carbons (Fsp3) is 0.273. The van der Waals surface area contributed by atoms with Crippen LogP contribution in [0, 0.1) is 13.8 Å². The van der Waals surface area contributed by atoms with Crippen LogP contribution in [0.5, 0.6) is 0 Å². The summed E-state index contributed by atoms with van der Waals surface area (Å²) in [7, 11) is 1.79. The molecule has 0 aliphatic carbocycles. The highest BCUT2D eigenvalue weighted by Gasteiger charge is 2.06. The number of aromatic amines is 1. The van der Waals surface area contributed by atoms with Gasteiger partial charge in [-0.1, -0.05) is 18.2 Å². The van der Waals surface area contributed by atoms with Crippen LogP contribution in [0.4, 0.5) is 0 Å². The molecule has 0 bridgehead atoms. The molecule has 0 saturated carbocycles. The minimum atomic E-state index is 0.632. The van der Waals surface area contributed by atoms with E-state index in [2.05, 4.69) is 80.5 Å². The molecule has 0 radical (unpaired) electrons. The molecular weight excluding hydrogens is 348 g/mol. The molecule has 0 unspecified atom stereocenters. The number of aliphatic imine (C=N–C) groups is 1. The highest BCUT2D eigenvalue weighted by molar-refractivity contribution is 5.84. The van der Waals surface area contributed by atoms with Gasteiger partial charge in [-0.15, -0.1) is 0 Å². The SMILES string of the molecule is CN=C(NCCc1c[nH]c2cc(C)ccc12)NCc1cn2c(C)cccc2n1. The van der Waals surface area contributed by atoms with E-state index in [1.165, 1.54) is 27.7 Å². The first-order valence-corrected chi connectivity index (χ1v) is 9.59. The number of guanidine groups is 1. The molecule has 0 aliphatic heterocycles. The molecule has 0 atom stereocenters. The van der Waals surface area contributed by atoms with Gasteiger partial charge in [-0.3, -0.25) is 4.99 Å². The normalized spacial score (nSPS) is 12.0. The second-order valence-corrected chi connectivity index (χ2v) is 7.09. The fourth-order valence-corrected chi connectivity index (χ4v) is 3.50. The number of hydrogen-bond acceptors (Lipinski definition) is 2. The number of nitrogens with one attached hydrogen (secondary N) is 3. The van der Waals surface area contributed by atoms with E-state index < -0.39 is 0 Å². The zero-order chi connectivity index (χ0) is 19.5. The lowest BCUT2D eigenvalue weighted by Gasteiger charge is -2.10. The summed E-state index contributed by atoms with van der Waals surface area (Å²) in [5, 5.41) is 8.02. The highest BCUT2D eigenvalue weighted by atomic mass is 15.2. The predicted octanol–water partition coefficient (Wildman–Crippen LogP) is 3.34. The standard InChI is InChI=1S/C22H26N6/c1-15-7-8-19-17(12-25-20(19)11-15)9-10-24-22(23-3)26-13-18-14-28-16(2)5-4-6-21(28)27-18/h4-8,11-12,14,25H,9-10,13H2,1-3H3,(H2,23,24,26). The van der Waals surface area contributed by atoms with Gasteiger partial charge in [-0.25, -0.2) is 4.98 Å². The Morgan fingerprint density at radius 2 is 2.07 bits per heavy atom. The van der Waals surface area contributed by atoms with Crippen molar-refractivity contribution in [3.63, 3.8) is 0 Å². The van der Waals surface area contributed by atoms with Gasteiger partial charge in [0.2, 0.25) is 0 Å². The largest absolute Gasteiger partial charge is 0.361 e. The Labute approximate surface area is 164 Å². The van der Waals surface area contributed by atoms with E-state index in [9.17, 15) is 0 Å². The van der Waals surface area contributed by atoms with Gasteiger partial charge < -0.3 is 20.0 Å². The van der Waals surface area contributed by atoms with Crippen LogP contribution in [0.25, 0.3) is 16.6 Å². The quantitative estimate of drug-likeness (QED) is 0.371. The minimum Gasteiger partial charge on any atom is -0.361 e. The van der Waals surface area contributed by atoms with E-state index in [4.69, 9.17) is 0 Å². The third-order valence-corrected chi connectivity index (χ3v) is 5.02. The summed E-state index contributed by atoms with van der Waals surface area (Å²) in [6.07, 6.45) is 5.09. The van der Waals surface area contributed by atoms with Crippen LogP contribution in [0.2, 0.25) is 0 Å². The molecule has 0 saturated heterocycles. The van der Waals surface area contributed by atoms with Crippen molar-refractivity contribution >= 4 is 22.5 Å². The number of benzene rings is 1. The Balaban J connectivity index is 1.33. The molecule has 4 rings (SSSR count). The van der Waals surface area contributed by atoms with Crippen LogP contribution < -0.4 is 10.6 Å². The first-order valence-electron chi connectivity index (χ1n) is 9.59. The number of rotatable bonds is 5. The lowest BCUT2D eigenvalue weighted by Crippen LogP contribution is -2.37. The summed E-state index contributed by atoms with van der Waals surface area (Å²) in [6.45, 7) is 5.64. The number of fused-ring (bicyclic) bond motifs is 2. The molecule has 0 spiro atoms. The van der Waals surface area contributed by atoms with Crippen molar-refractivity contribution in [1.29, 1.82) is 0 Å². The van der Waals surface area contributed by atoms with Gasteiger partial charge in [-0.2, -0.15) is 0 Å². The Morgan fingerprint density at radius 3 is 2.89 bits per heavy atom. The van der Waals surface area contributed by atoms with E-state index in [-0.39, 0.29) is 0 Å². The summed E-state index contributed by atoms with van der Waals surface area (Å²) >= 11 is 0. The van der Waals surface area contributed by atoms with E-state index >= 15 is 0 Å². The van der Waals surface area contributed by atoms with Crippen LogP contribution in [-0.2, 0) is 13.0 Å². The Hall–Kier alpha value is -3.28. The first kappa shape index (κ1) is 18.1. The Bertz CT molecular complexity index is 1130. The molecule has 0 aliphatic rings. The fourth-order valence-electron chi connectivity index (χ4n) is 3.50. The molecular formula is C22H26N6. The maximum atomic E-state index is 4.66. The lowest BCUT2D eigenvalue weighted by atomic mass is 10.1. The van der Waals surface area contributed by atoms with Crippen LogP contribution in [0.3, 0.4) is 0 Å². The average Bonchev–Trinajstić information content (AvgIpc) is 3.29. The Kier molecular flexibility index (Phi) is 5.02. The molecule has 3 N–H and O–H groups in total. The van der Waals surface area contributed by atoms with Crippen molar-refractivity contribution in [2.24, 2.45) is 4.99 Å². The second kappa shape index (κ2) is 7.76. The Morgan fingerprint density at radius 1 is 1.18 bits per heavy atom. The maximum absolute atomic E-state index is 4.66. The van der Waals surface area contributed by atoms with Crippen molar-refractivity contribution in [1.82, 2.24) is 25.0 Å². The van der Waals surface area contributed by atoms with E-state index in [0.717, 1.165) is 30.3 Å². The average molecular weight is 374 g/mol. The molecule has 0 fully saturated rings. The van der Waals surface area contributed by atoms with Gasteiger partial charge in [0.15, 0.2) is 5.96 Å². The zero-order valence-electron chi connectivity index (χ0n) is 16.6. The van der Waals surface area contributed by atoms with Crippen LogP contribution in [-0.4, -0.2) is 33.9 Å². The molecule has 1 aromatic carbocycles. The number of aryl methyl sites for hydroxylation is 2. The molecule has 3 heterocycles. The smallest absolute Gasteiger partial charge is 0.191 e. The molecule has 0 amide bonds. The predicted molar refractivity (Wildman–Crippen MR) is 115 cm³/mol. The van der Waals surface area contributed by atoms with Crippen LogP contribution >= 0.6 is 0 Å². The van der Waals surface area contributed by atoms with Crippen molar-refractivity contribution in [2.75, 3.05) is 13.6 Å². The lowest BCUT2D eigenvalue weighted by molar-refractivity contribution is 0.788. The number of nitrogens with zero attached hydrogens (tertiary/aromatic N) is 3. The van der Waals surface area contributed by atoms with Crippen molar-refractivity contribution in [3.05, 3.63) is 71.3 Å². The molecule has 144 valence electrons. The molecule has 6 heteroatoms. The van der Waals surface area contributed by atoms with Crippen molar-refractivity contribution in [2.45, 2.75) is 26.8 Å². The van der Waals surface area contributed by atoms with Crippen LogP contribution in [0.1, 0.15) is 22.5 Å². The number of hydrogen-bond donors (Lipinski definition) is 3. The number of H-pyrrole nitrogens is 1. The van der Waals surface area contributed by atoms with Gasteiger partial charge in [0.25, 0.3) is 0 Å². The monoisotopic (exact) mass is 374 g/mol. The third-order valence-electron chi connectivity index (χ3n) is 5.02. The van der Waals surface area contributed by atoms with E-state index in [1.807, 2.05) is 12.1 Å². The third kappa shape index (κ3) is 3.71. The zero-order valence-corrected chi connectivity index (χ0v) is 16.6. The number of aromatic nitrogens is 3. The second-order valence-electron chi connectivity index (χ2n) is 7.09. The maximum Gasteiger partial charge on any atom is 0.191 e. The summed E-state index contributed by atoms with van der Waals surface area (Å²) in [5.41, 5.74) is 6.91. The van der Waals surface area contributed by atoms with E-state index in [0.29, 0.717) is 6.54 Å². The molecule has 28 heavy (non-hydrogen) atoms. The van der Waals surface area contributed by atoms with Crippen molar-refractivity contribution < 1.29 is 0 Å². The minimum absolute atomic E-state index is 0.632.